The van der Waals surface area contributed by atoms with Gasteiger partial charge in [-0.2, -0.15) is 0 Å². The van der Waals surface area contributed by atoms with Crippen LogP contribution in [0.2, 0.25) is 0 Å². The summed E-state index contributed by atoms with van der Waals surface area (Å²) in [5.74, 6) is -0.229. The normalized spacial score (nSPS) is 10.7. The number of benzene rings is 1. The molecule has 0 aliphatic rings. The van der Waals surface area contributed by atoms with E-state index in [4.69, 9.17) is 4.74 Å². The number of esters is 1. The summed E-state index contributed by atoms with van der Waals surface area (Å²) in [5.41, 5.74) is 1.20. The molecule has 0 bridgehead atoms. The van der Waals surface area contributed by atoms with Crippen LogP contribution in [0.25, 0.3) is 10.1 Å². The molecular weight excluding hydrogens is 258 g/mol. The second kappa shape index (κ2) is 6.06. The van der Waals surface area contributed by atoms with Gasteiger partial charge >= 0.3 is 5.97 Å². The monoisotopic (exact) mass is 277 g/mol. The highest BCUT2D eigenvalue weighted by Crippen LogP contribution is 2.29. The SMILES string of the molecule is CCOC(=O)c1cc2cc(N(CC)CC)ccc2s1. The second-order valence-electron chi connectivity index (χ2n) is 4.23. The summed E-state index contributed by atoms with van der Waals surface area (Å²) in [6.45, 7) is 8.49. The Labute approximate surface area is 117 Å². The lowest BCUT2D eigenvalue weighted by atomic mass is 10.2. The molecule has 0 aliphatic heterocycles. The van der Waals surface area contributed by atoms with Crippen molar-refractivity contribution in [1.29, 1.82) is 0 Å². The zero-order valence-corrected chi connectivity index (χ0v) is 12.4. The van der Waals surface area contributed by atoms with Crippen LogP contribution < -0.4 is 4.90 Å². The molecule has 0 saturated heterocycles. The van der Waals surface area contributed by atoms with E-state index in [9.17, 15) is 4.79 Å². The number of anilines is 1. The van der Waals surface area contributed by atoms with E-state index in [0.717, 1.165) is 23.2 Å². The summed E-state index contributed by atoms with van der Waals surface area (Å²) in [4.78, 5) is 14.7. The molecule has 0 N–H and O–H groups in total. The third-order valence-electron chi connectivity index (χ3n) is 3.11. The maximum absolute atomic E-state index is 11.7. The lowest BCUT2D eigenvalue weighted by molar-refractivity contribution is 0.0532. The van der Waals surface area contributed by atoms with E-state index >= 15 is 0 Å². The topological polar surface area (TPSA) is 29.5 Å². The lowest BCUT2D eigenvalue weighted by Gasteiger charge is -2.20. The molecule has 102 valence electrons. The van der Waals surface area contributed by atoms with Gasteiger partial charge in [0.1, 0.15) is 4.88 Å². The van der Waals surface area contributed by atoms with E-state index in [-0.39, 0.29) is 5.97 Å². The maximum atomic E-state index is 11.7. The summed E-state index contributed by atoms with van der Waals surface area (Å²) in [5, 5.41) is 1.11. The molecule has 0 saturated carbocycles. The van der Waals surface area contributed by atoms with Gasteiger partial charge in [-0.15, -0.1) is 11.3 Å². The smallest absolute Gasteiger partial charge is 0.348 e. The van der Waals surface area contributed by atoms with Gasteiger partial charge in [0.05, 0.1) is 6.61 Å². The molecule has 4 heteroatoms. The Morgan fingerprint density at radius 3 is 2.58 bits per heavy atom. The first kappa shape index (κ1) is 13.9. The highest BCUT2D eigenvalue weighted by Gasteiger charge is 2.12. The average molecular weight is 277 g/mol. The fourth-order valence-corrected chi connectivity index (χ4v) is 3.06. The van der Waals surface area contributed by atoms with Crippen molar-refractivity contribution in [3.8, 4) is 0 Å². The predicted octanol–water partition coefficient (Wildman–Crippen LogP) is 3.92. The molecule has 1 heterocycles. The Bertz CT molecular complexity index is 573. The van der Waals surface area contributed by atoms with Gasteiger partial charge in [0.2, 0.25) is 0 Å². The Morgan fingerprint density at radius 1 is 1.21 bits per heavy atom. The van der Waals surface area contributed by atoms with Crippen LogP contribution in [0.15, 0.2) is 24.3 Å². The third-order valence-corrected chi connectivity index (χ3v) is 4.20. The molecule has 1 aromatic carbocycles. The molecule has 0 fully saturated rings. The van der Waals surface area contributed by atoms with Gasteiger partial charge in [-0.25, -0.2) is 4.79 Å². The Balaban J connectivity index is 2.35. The number of fused-ring (bicyclic) bond motifs is 1. The van der Waals surface area contributed by atoms with E-state index in [0.29, 0.717) is 11.5 Å². The van der Waals surface area contributed by atoms with E-state index in [1.165, 1.54) is 17.0 Å². The molecule has 3 nitrogen and oxygen atoms in total. The average Bonchev–Trinajstić information content (AvgIpc) is 2.83. The molecule has 0 aliphatic carbocycles. The molecule has 1 aromatic heterocycles. The van der Waals surface area contributed by atoms with Crippen molar-refractivity contribution in [2.24, 2.45) is 0 Å². The minimum Gasteiger partial charge on any atom is -0.462 e. The van der Waals surface area contributed by atoms with Crippen molar-refractivity contribution < 1.29 is 9.53 Å². The Hall–Kier alpha value is -1.55. The van der Waals surface area contributed by atoms with Gasteiger partial charge in [0.15, 0.2) is 0 Å². The van der Waals surface area contributed by atoms with Crippen LogP contribution in [0.4, 0.5) is 5.69 Å². The molecule has 0 atom stereocenters. The number of carbonyl (C=O) groups is 1. The number of rotatable bonds is 5. The minimum absolute atomic E-state index is 0.229. The molecule has 0 spiro atoms. The number of nitrogens with zero attached hydrogens (tertiary/aromatic N) is 1. The number of hydrogen-bond donors (Lipinski definition) is 0. The van der Waals surface area contributed by atoms with Crippen LogP contribution in [0, 0.1) is 0 Å². The van der Waals surface area contributed by atoms with Crippen LogP contribution in [-0.2, 0) is 4.74 Å². The van der Waals surface area contributed by atoms with Crippen molar-refractivity contribution in [3.05, 3.63) is 29.1 Å². The van der Waals surface area contributed by atoms with Crippen molar-refractivity contribution in [2.45, 2.75) is 20.8 Å². The number of hydrogen-bond acceptors (Lipinski definition) is 4. The fraction of sp³-hybridized carbons (Fsp3) is 0.400. The molecule has 19 heavy (non-hydrogen) atoms. The zero-order valence-electron chi connectivity index (χ0n) is 11.6. The highest BCUT2D eigenvalue weighted by molar-refractivity contribution is 7.20. The summed E-state index contributed by atoms with van der Waals surface area (Å²) in [6, 6.07) is 8.25. The first-order chi connectivity index (χ1) is 9.19. The zero-order chi connectivity index (χ0) is 13.8. The van der Waals surface area contributed by atoms with E-state index in [2.05, 4.69) is 36.9 Å². The third kappa shape index (κ3) is 2.89. The van der Waals surface area contributed by atoms with Gasteiger partial charge < -0.3 is 9.64 Å². The second-order valence-corrected chi connectivity index (χ2v) is 5.31. The summed E-state index contributed by atoms with van der Waals surface area (Å²) < 4.78 is 6.16. The van der Waals surface area contributed by atoms with Gasteiger partial charge in [0, 0.05) is 23.5 Å². The molecular formula is C15H19NO2S. The van der Waals surface area contributed by atoms with Crippen LogP contribution in [0.1, 0.15) is 30.4 Å². The molecule has 0 radical (unpaired) electrons. The number of ether oxygens (including phenoxy) is 1. The van der Waals surface area contributed by atoms with E-state index in [1.54, 1.807) is 0 Å². The van der Waals surface area contributed by atoms with Crippen LogP contribution in [-0.4, -0.2) is 25.7 Å². The van der Waals surface area contributed by atoms with Crippen molar-refractivity contribution >= 4 is 33.1 Å². The first-order valence-electron chi connectivity index (χ1n) is 6.65. The van der Waals surface area contributed by atoms with Gasteiger partial charge in [-0.3, -0.25) is 0 Å². The summed E-state index contributed by atoms with van der Waals surface area (Å²) in [6.07, 6.45) is 0. The largest absolute Gasteiger partial charge is 0.462 e. The summed E-state index contributed by atoms with van der Waals surface area (Å²) >= 11 is 1.49. The lowest BCUT2D eigenvalue weighted by Crippen LogP contribution is -2.21. The van der Waals surface area contributed by atoms with E-state index < -0.39 is 0 Å². The van der Waals surface area contributed by atoms with Gasteiger partial charge in [-0.1, -0.05) is 0 Å². The number of carbonyl (C=O) groups excluding carboxylic acids is 1. The molecule has 2 aromatic rings. The van der Waals surface area contributed by atoms with Gasteiger partial charge in [-0.05, 0) is 50.4 Å². The fourth-order valence-electron chi connectivity index (χ4n) is 2.12. The van der Waals surface area contributed by atoms with Crippen LogP contribution >= 0.6 is 11.3 Å². The quantitative estimate of drug-likeness (QED) is 0.776. The first-order valence-corrected chi connectivity index (χ1v) is 7.46. The Morgan fingerprint density at radius 2 is 1.95 bits per heavy atom. The van der Waals surface area contributed by atoms with E-state index in [1.807, 2.05) is 13.0 Å². The van der Waals surface area contributed by atoms with Crippen molar-refractivity contribution in [2.75, 3.05) is 24.6 Å². The van der Waals surface area contributed by atoms with Crippen LogP contribution in [0.5, 0.6) is 0 Å². The maximum Gasteiger partial charge on any atom is 0.348 e. The highest BCUT2D eigenvalue weighted by atomic mass is 32.1. The van der Waals surface area contributed by atoms with Crippen molar-refractivity contribution in [1.82, 2.24) is 0 Å². The van der Waals surface area contributed by atoms with Gasteiger partial charge in [0.25, 0.3) is 0 Å². The van der Waals surface area contributed by atoms with Crippen molar-refractivity contribution in [3.63, 3.8) is 0 Å². The molecule has 2 rings (SSSR count). The molecule has 0 amide bonds. The standard InChI is InChI=1S/C15H19NO2S/c1-4-16(5-2)12-7-8-13-11(9-12)10-14(19-13)15(17)18-6-3/h7-10H,4-6H2,1-3H3. The summed E-state index contributed by atoms with van der Waals surface area (Å²) in [7, 11) is 0. The number of thiophene rings is 1. The molecule has 0 unspecified atom stereocenters. The predicted molar refractivity (Wildman–Crippen MR) is 81.3 cm³/mol. The van der Waals surface area contributed by atoms with Crippen LogP contribution in [0.3, 0.4) is 0 Å². The minimum atomic E-state index is -0.229. The Kier molecular flexibility index (Phi) is 4.43.